The van der Waals surface area contributed by atoms with Gasteiger partial charge in [-0.1, -0.05) is 42.8 Å². The molecular formula is C28H32F2N4O3. The summed E-state index contributed by atoms with van der Waals surface area (Å²) in [5, 5.41) is 5.73. The van der Waals surface area contributed by atoms with Crippen LogP contribution < -0.4 is 0 Å². The van der Waals surface area contributed by atoms with Crippen LogP contribution in [0.3, 0.4) is 0 Å². The van der Waals surface area contributed by atoms with Gasteiger partial charge in [-0.25, -0.2) is 13.8 Å². The van der Waals surface area contributed by atoms with E-state index in [9.17, 15) is 18.4 Å². The second-order valence-corrected chi connectivity index (χ2v) is 9.85. The fraction of sp³-hybridized carbons (Fsp3) is 0.464. The number of rotatable bonds is 8. The highest BCUT2D eigenvalue weighted by Gasteiger charge is 2.37. The molecule has 2 fully saturated rings. The summed E-state index contributed by atoms with van der Waals surface area (Å²) in [5.74, 6) is -1.39. The average Bonchev–Trinajstić information content (AvgIpc) is 3.31. The lowest BCUT2D eigenvalue weighted by Gasteiger charge is -2.34. The lowest BCUT2D eigenvalue weighted by atomic mass is 9.84. The second kappa shape index (κ2) is 11.5. The first-order valence-corrected chi connectivity index (χ1v) is 13.0. The van der Waals surface area contributed by atoms with Gasteiger partial charge in [0.05, 0.1) is 25.0 Å². The molecule has 2 heterocycles. The van der Waals surface area contributed by atoms with E-state index in [4.69, 9.17) is 4.74 Å². The van der Waals surface area contributed by atoms with Crippen LogP contribution in [0.25, 0.3) is 0 Å². The Balaban J connectivity index is 1.39. The summed E-state index contributed by atoms with van der Waals surface area (Å²) < 4.78 is 34.8. The zero-order valence-corrected chi connectivity index (χ0v) is 20.8. The predicted octanol–water partition coefficient (Wildman–Crippen LogP) is 3.60. The first-order valence-electron chi connectivity index (χ1n) is 13.0. The van der Waals surface area contributed by atoms with Gasteiger partial charge in [-0.3, -0.25) is 14.5 Å². The van der Waals surface area contributed by atoms with E-state index in [1.807, 2.05) is 0 Å². The number of hydrogen-bond acceptors (Lipinski definition) is 5. The Morgan fingerprint density at radius 1 is 1.00 bits per heavy atom. The smallest absolute Gasteiger partial charge is 0.262 e. The third-order valence-electron chi connectivity index (χ3n) is 7.50. The third kappa shape index (κ3) is 5.72. The molecule has 2 aromatic carbocycles. The van der Waals surface area contributed by atoms with Gasteiger partial charge in [-0.2, -0.15) is 5.10 Å². The summed E-state index contributed by atoms with van der Waals surface area (Å²) in [4.78, 5) is 30.8. The van der Waals surface area contributed by atoms with Crippen molar-refractivity contribution in [2.45, 2.75) is 31.7 Å². The fourth-order valence-electron chi connectivity index (χ4n) is 5.09. The van der Waals surface area contributed by atoms with E-state index in [0.717, 1.165) is 32.4 Å². The molecule has 2 amide bonds. The molecule has 0 spiro atoms. The summed E-state index contributed by atoms with van der Waals surface area (Å²) >= 11 is 0. The maximum absolute atomic E-state index is 14.8. The Labute approximate surface area is 215 Å². The van der Waals surface area contributed by atoms with Crippen LogP contribution in [0.4, 0.5) is 8.78 Å². The molecule has 1 aliphatic carbocycles. The number of hydrogen-bond donors (Lipinski definition) is 0. The first kappa shape index (κ1) is 25.5. The molecule has 1 saturated carbocycles. The molecule has 3 aliphatic rings. The van der Waals surface area contributed by atoms with Crippen molar-refractivity contribution in [3.63, 3.8) is 0 Å². The number of morpholine rings is 1. The van der Waals surface area contributed by atoms with Crippen LogP contribution in [-0.2, 0) is 14.3 Å². The van der Waals surface area contributed by atoms with E-state index >= 15 is 0 Å². The largest absolute Gasteiger partial charge is 0.379 e. The number of nitrogens with zero attached hydrogens (tertiary/aromatic N) is 4. The maximum atomic E-state index is 14.8. The lowest BCUT2D eigenvalue weighted by molar-refractivity contribution is -0.145. The minimum absolute atomic E-state index is 0.0206. The topological polar surface area (TPSA) is 65.5 Å². The Morgan fingerprint density at radius 3 is 2.38 bits per heavy atom. The highest BCUT2D eigenvalue weighted by molar-refractivity contribution is 6.03. The molecule has 2 aliphatic heterocycles. The van der Waals surface area contributed by atoms with Gasteiger partial charge < -0.3 is 9.64 Å². The highest BCUT2D eigenvalue weighted by atomic mass is 19.1. The third-order valence-corrected chi connectivity index (χ3v) is 7.50. The summed E-state index contributed by atoms with van der Waals surface area (Å²) in [6.45, 7) is 3.80. The van der Waals surface area contributed by atoms with Crippen LogP contribution in [0, 0.1) is 17.6 Å². The van der Waals surface area contributed by atoms with Gasteiger partial charge in [-0.15, -0.1) is 0 Å². The molecule has 0 bridgehead atoms. The van der Waals surface area contributed by atoms with Crippen LogP contribution >= 0.6 is 0 Å². The van der Waals surface area contributed by atoms with Crippen molar-refractivity contribution in [2.24, 2.45) is 11.0 Å². The van der Waals surface area contributed by atoms with Crippen LogP contribution in [0.1, 0.15) is 42.9 Å². The number of carbonyl (C=O) groups is 2. The Hall–Kier alpha value is -3.17. The van der Waals surface area contributed by atoms with Gasteiger partial charge in [0, 0.05) is 49.6 Å². The molecule has 0 N–H and O–H groups in total. The fourth-order valence-corrected chi connectivity index (χ4v) is 5.09. The van der Waals surface area contributed by atoms with Crippen molar-refractivity contribution in [3.05, 3.63) is 71.3 Å². The van der Waals surface area contributed by atoms with Gasteiger partial charge in [-0.05, 0) is 25.0 Å². The quantitative estimate of drug-likeness (QED) is 0.545. The summed E-state index contributed by atoms with van der Waals surface area (Å²) in [7, 11) is 0. The predicted molar refractivity (Wildman–Crippen MR) is 135 cm³/mol. The van der Waals surface area contributed by atoms with Gasteiger partial charge in [0.25, 0.3) is 5.91 Å². The number of hydrazone groups is 1. The van der Waals surface area contributed by atoms with Crippen molar-refractivity contribution in [3.8, 4) is 0 Å². The number of carbonyl (C=O) groups excluding carboxylic acids is 2. The molecule has 1 saturated heterocycles. The zero-order valence-electron chi connectivity index (χ0n) is 20.8. The van der Waals surface area contributed by atoms with Crippen LogP contribution in [-0.4, -0.2) is 78.3 Å². The Bertz CT molecular complexity index is 1160. The first-order chi connectivity index (χ1) is 18.0. The number of benzene rings is 2. The van der Waals surface area contributed by atoms with Crippen molar-refractivity contribution >= 4 is 17.5 Å². The molecule has 1 unspecified atom stereocenters. The van der Waals surface area contributed by atoms with E-state index in [2.05, 4.69) is 10.0 Å². The van der Waals surface area contributed by atoms with E-state index in [0.29, 0.717) is 37.6 Å². The Morgan fingerprint density at radius 2 is 1.70 bits per heavy atom. The molecule has 5 rings (SSSR count). The monoisotopic (exact) mass is 510 g/mol. The minimum Gasteiger partial charge on any atom is -0.379 e. The SMILES string of the molecule is O=C(C1CCC1)N(CCN1CCOCC1)CC(=O)N1N=C(c2ccccc2F)CC1c1ccccc1F. The van der Waals surface area contributed by atoms with Crippen LogP contribution in [0.15, 0.2) is 53.6 Å². The average molecular weight is 511 g/mol. The van der Waals surface area contributed by atoms with Crippen LogP contribution in [0.2, 0.25) is 0 Å². The number of halogens is 2. The van der Waals surface area contributed by atoms with Gasteiger partial charge in [0.1, 0.15) is 18.2 Å². The molecule has 1 atom stereocenters. The molecule has 9 heteroatoms. The minimum atomic E-state index is -0.719. The van der Waals surface area contributed by atoms with Gasteiger partial charge in [0.15, 0.2) is 0 Å². The van der Waals surface area contributed by atoms with Crippen molar-refractivity contribution in [1.82, 2.24) is 14.8 Å². The molecule has 37 heavy (non-hydrogen) atoms. The maximum Gasteiger partial charge on any atom is 0.262 e. The highest BCUT2D eigenvalue weighted by Crippen LogP contribution is 2.35. The van der Waals surface area contributed by atoms with Gasteiger partial charge in [0.2, 0.25) is 5.91 Å². The molecule has 0 radical (unpaired) electrons. The van der Waals surface area contributed by atoms with E-state index in [1.165, 1.54) is 17.1 Å². The zero-order chi connectivity index (χ0) is 25.8. The van der Waals surface area contributed by atoms with Crippen molar-refractivity contribution in [1.29, 1.82) is 0 Å². The molecular weight excluding hydrogens is 478 g/mol. The second-order valence-electron chi connectivity index (χ2n) is 9.85. The summed E-state index contributed by atoms with van der Waals surface area (Å²) in [6.07, 6.45) is 2.86. The van der Waals surface area contributed by atoms with E-state index in [1.54, 1.807) is 41.3 Å². The lowest BCUT2D eigenvalue weighted by Crippen LogP contribution is -2.49. The summed E-state index contributed by atoms with van der Waals surface area (Å²) in [6, 6.07) is 11.8. The van der Waals surface area contributed by atoms with E-state index < -0.39 is 23.6 Å². The molecule has 196 valence electrons. The van der Waals surface area contributed by atoms with Crippen LogP contribution in [0.5, 0.6) is 0 Å². The molecule has 2 aromatic rings. The summed E-state index contributed by atoms with van der Waals surface area (Å²) in [5.41, 5.74) is 0.981. The standard InChI is InChI=1S/C28H32F2N4O3/c29-23-10-3-1-8-21(23)25-18-26(22-9-2-4-11-24(22)30)34(31-25)27(35)19-33(28(36)20-6-5-7-20)13-12-32-14-16-37-17-15-32/h1-4,8-11,20,26H,5-7,12-19H2. The molecule has 0 aromatic heterocycles. The normalized spacial score (nSPS) is 20.4. The molecule has 7 nitrogen and oxygen atoms in total. The number of ether oxygens (including phenoxy) is 1. The van der Waals surface area contributed by atoms with Crippen molar-refractivity contribution in [2.75, 3.05) is 45.9 Å². The Kier molecular flexibility index (Phi) is 7.90. The van der Waals surface area contributed by atoms with Gasteiger partial charge >= 0.3 is 0 Å². The van der Waals surface area contributed by atoms with E-state index in [-0.39, 0.29) is 30.4 Å². The number of amides is 2. The van der Waals surface area contributed by atoms with Crippen molar-refractivity contribution < 1.29 is 23.1 Å².